The molecule has 11 nitrogen and oxygen atoms in total. The zero-order chi connectivity index (χ0) is 42.1. The van der Waals surface area contributed by atoms with Crippen LogP contribution in [0.3, 0.4) is 0 Å². The van der Waals surface area contributed by atoms with Crippen LogP contribution in [0.2, 0.25) is 0 Å². The predicted octanol–water partition coefficient (Wildman–Crippen LogP) is 7.79. The van der Waals surface area contributed by atoms with Gasteiger partial charge in [0.1, 0.15) is 11.1 Å². The molecule has 1 aliphatic rings. The first-order valence-electron chi connectivity index (χ1n) is 19.5. The van der Waals surface area contributed by atoms with Crippen LogP contribution in [0, 0.1) is 6.92 Å². The molecule has 13 heteroatoms. The fourth-order valence-corrected chi connectivity index (χ4v) is 9.08. The largest absolute Gasteiger partial charge is 0.478 e. The van der Waals surface area contributed by atoms with Gasteiger partial charge in [-0.3, -0.25) is 4.79 Å². The van der Waals surface area contributed by atoms with Crippen LogP contribution >= 0.6 is 11.8 Å². The molecule has 1 aromatic heterocycles. The van der Waals surface area contributed by atoms with Gasteiger partial charge in [-0.15, -0.1) is 11.8 Å². The van der Waals surface area contributed by atoms with E-state index in [1.54, 1.807) is 24.4 Å². The summed E-state index contributed by atoms with van der Waals surface area (Å²) in [5, 5.41) is 22.6. The highest BCUT2D eigenvalue weighted by Gasteiger charge is 2.33. The standard InChI is InChI=1S/C47H45N3O8S2/c1-31-12-22-40(23-13-31)60(55,56)50-42(26-32-7-3-2-4-8-32)44(52)49-28-34-9-5-10-38(25-34)35-18-20-37(21-19-35)47-57-39(30-59-45-41(46(53)54)11-6-24-48-45)27-43(58-47)36-16-14-33(29-51)15-17-36/h2-25,39,42-43,47,50-51H,26-30H2,1H3,(H,49,52)(H,53,54). The van der Waals surface area contributed by atoms with Crippen molar-refractivity contribution in [3.05, 3.63) is 185 Å². The minimum Gasteiger partial charge on any atom is -0.478 e. The van der Waals surface area contributed by atoms with E-state index in [2.05, 4.69) is 15.0 Å². The van der Waals surface area contributed by atoms with Crippen LogP contribution in [0.4, 0.5) is 0 Å². The number of aliphatic hydroxyl groups excluding tert-OH is 1. The highest BCUT2D eigenvalue weighted by Crippen LogP contribution is 2.40. The number of carbonyl (C=O) groups excluding carboxylic acids is 1. The number of pyridine rings is 1. The molecule has 0 spiro atoms. The molecule has 5 aromatic carbocycles. The number of aromatic nitrogens is 1. The van der Waals surface area contributed by atoms with Gasteiger partial charge >= 0.3 is 5.97 Å². The molecular formula is C47H45N3O8S2. The maximum Gasteiger partial charge on any atom is 0.338 e. The third kappa shape index (κ3) is 10.9. The Kier molecular flexibility index (Phi) is 13.9. The lowest BCUT2D eigenvalue weighted by Crippen LogP contribution is -2.47. The average molecular weight is 844 g/mol. The van der Waals surface area contributed by atoms with E-state index in [1.807, 2.05) is 110 Å². The Balaban J connectivity index is 1.04. The molecule has 4 N–H and O–H groups in total. The molecule has 1 fully saturated rings. The molecular weight excluding hydrogens is 799 g/mol. The zero-order valence-corrected chi connectivity index (χ0v) is 34.4. The highest BCUT2D eigenvalue weighted by molar-refractivity contribution is 7.99. The number of hydrogen-bond acceptors (Lipinski definition) is 9. The van der Waals surface area contributed by atoms with E-state index in [-0.39, 0.29) is 42.2 Å². The van der Waals surface area contributed by atoms with E-state index in [0.717, 1.165) is 44.5 Å². The number of thioether (sulfide) groups is 1. The highest BCUT2D eigenvalue weighted by atomic mass is 32.2. The minimum absolute atomic E-state index is 0.0647. The van der Waals surface area contributed by atoms with Gasteiger partial charge < -0.3 is 25.0 Å². The average Bonchev–Trinajstić information content (AvgIpc) is 3.28. The molecule has 1 aliphatic heterocycles. The summed E-state index contributed by atoms with van der Waals surface area (Å²) < 4.78 is 42.3. The van der Waals surface area contributed by atoms with Crippen molar-refractivity contribution in [1.29, 1.82) is 0 Å². The van der Waals surface area contributed by atoms with Crippen LogP contribution in [-0.4, -0.2) is 53.4 Å². The maximum absolute atomic E-state index is 13.6. The number of nitrogens with one attached hydrogen (secondary N) is 2. The van der Waals surface area contributed by atoms with Crippen LogP contribution in [0.15, 0.2) is 156 Å². The monoisotopic (exact) mass is 843 g/mol. The van der Waals surface area contributed by atoms with Crippen molar-refractivity contribution in [3.63, 3.8) is 0 Å². The number of sulfonamides is 1. The molecule has 0 radical (unpaired) electrons. The van der Waals surface area contributed by atoms with Crippen molar-refractivity contribution in [3.8, 4) is 11.1 Å². The number of aryl methyl sites for hydroxylation is 1. The molecule has 60 heavy (non-hydrogen) atoms. The zero-order valence-electron chi connectivity index (χ0n) is 32.8. The quantitative estimate of drug-likeness (QED) is 0.0708. The van der Waals surface area contributed by atoms with E-state index < -0.39 is 34.2 Å². The summed E-state index contributed by atoms with van der Waals surface area (Å²) in [6.07, 6.45) is 0.954. The summed E-state index contributed by atoms with van der Waals surface area (Å²) in [6.45, 7) is 1.99. The number of benzene rings is 5. The fourth-order valence-electron chi connectivity index (χ4n) is 6.88. The second kappa shape index (κ2) is 19.6. The first-order valence-corrected chi connectivity index (χ1v) is 21.9. The van der Waals surface area contributed by atoms with E-state index >= 15 is 0 Å². The summed E-state index contributed by atoms with van der Waals surface area (Å²) in [5.41, 5.74) is 7.09. The first-order chi connectivity index (χ1) is 29.0. The Hall–Kier alpha value is -5.67. The molecule has 2 heterocycles. The Morgan fingerprint density at radius 1 is 0.800 bits per heavy atom. The molecule has 0 bridgehead atoms. The van der Waals surface area contributed by atoms with E-state index in [0.29, 0.717) is 17.2 Å². The Morgan fingerprint density at radius 3 is 2.23 bits per heavy atom. The van der Waals surface area contributed by atoms with E-state index in [1.165, 1.54) is 30.0 Å². The van der Waals surface area contributed by atoms with Crippen LogP contribution in [0.25, 0.3) is 11.1 Å². The lowest BCUT2D eigenvalue weighted by Gasteiger charge is -2.36. The van der Waals surface area contributed by atoms with Gasteiger partial charge in [0.05, 0.1) is 29.3 Å². The lowest BCUT2D eigenvalue weighted by atomic mass is 9.99. The molecule has 4 unspecified atom stereocenters. The fraction of sp³-hybridized carbons (Fsp3) is 0.213. The van der Waals surface area contributed by atoms with Gasteiger partial charge in [0.2, 0.25) is 15.9 Å². The van der Waals surface area contributed by atoms with Crippen LogP contribution in [0.1, 0.15) is 62.6 Å². The smallest absolute Gasteiger partial charge is 0.338 e. The van der Waals surface area contributed by atoms with Gasteiger partial charge in [-0.05, 0) is 77.1 Å². The number of aliphatic hydroxyl groups is 1. The molecule has 0 aliphatic carbocycles. The van der Waals surface area contributed by atoms with Gasteiger partial charge in [-0.1, -0.05) is 115 Å². The number of carboxylic acids is 1. The van der Waals surface area contributed by atoms with Crippen molar-refractivity contribution >= 4 is 33.7 Å². The van der Waals surface area contributed by atoms with E-state index in [9.17, 15) is 28.2 Å². The topological polar surface area (TPSA) is 164 Å². The number of aromatic carboxylic acids is 1. The lowest BCUT2D eigenvalue weighted by molar-refractivity contribution is -0.245. The van der Waals surface area contributed by atoms with Crippen molar-refractivity contribution in [1.82, 2.24) is 15.0 Å². The molecule has 4 atom stereocenters. The van der Waals surface area contributed by atoms with Crippen LogP contribution in [-0.2, 0) is 43.9 Å². The Labute approximate surface area is 353 Å². The third-order valence-electron chi connectivity index (χ3n) is 10.2. The van der Waals surface area contributed by atoms with Gasteiger partial charge in [0.15, 0.2) is 6.29 Å². The number of carbonyl (C=O) groups is 2. The first kappa shape index (κ1) is 42.5. The van der Waals surface area contributed by atoms with Crippen molar-refractivity contribution < 1.29 is 37.7 Å². The Morgan fingerprint density at radius 2 is 1.52 bits per heavy atom. The normalized spacial score (nSPS) is 17.1. The molecule has 7 rings (SSSR count). The Bertz CT molecular complexity index is 2500. The SMILES string of the molecule is Cc1ccc(S(=O)(=O)NC(Cc2ccccc2)C(=O)NCc2cccc(-c3ccc(C4OC(CSc5ncccc5C(=O)O)CC(c5ccc(CO)cc5)O4)cc3)c2)cc1. The van der Waals surface area contributed by atoms with Crippen LogP contribution < -0.4 is 10.0 Å². The third-order valence-corrected chi connectivity index (χ3v) is 12.8. The molecule has 1 amide bonds. The molecule has 6 aromatic rings. The summed E-state index contributed by atoms with van der Waals surface area (Å²) >= 11 is 1.33. The number of carboxylic acid groups (broad SMARTS) is 1. The van der Waals surface area contributed by atoms with Gasteiger partial charge in [-0.2, -0.15) is 4.72 Å². The molecule has 1 saturated heterocycles. The maximum atomic E-state index is 13.6. The number of ether oxygens (including phenoxy) is 2. The van der Waals surface area contributed by atoms with E-state index in [4.69, 9.17) is 9.47 Å². The van der Waals surface area contributed by atoms with Crippen molar-refractivity contribution in [2.24, 2.45) is 0 Å². The van der Waals surface area contributed by atoms with Crippen molar-refractivity contribution in [2.75, 3.05) is 5.75 Å². The van der Waals surface area contributed by atoms with Gasteiger partial charge in [0, 0.05) is 30.5 Å². The summed E-state index contributed by atoms with van der Waals surface area (Å²) in [5.74, 6) is -1.03. The number of hydrogen-bond donors (Lipinski definition) is 4. The molecule has 308 valence electrons. The second-order valence-electron chi connectivity index (χ2n) is 14.5. The van der Waals surface area contributed by atoms with Crippen molar-refractivity contribution in [2.45, 2.75) is 67.4 Å². The molecule has 0 saturated carbocycles. The summed E-state index contributed by atoms with van der Waals surface area (Å²) in [6, 6.07) is 41.1. The van der Waals surface area contributed by atoms with Crippen LogP contribution in [0.5, 0.6) is 0 Å². The minimum atomic E-state index is -3.98. The number of nitrogens with zero attached hydrogens (tertiary/aromatic N) is 1. The number of rotatable bonds is 16. The predicted molar refractivity (Wildman–Crippen MR) is 230 cm³/mol. The summed E-state index contributed by atoms with van der Waals surface area (Å²) in [7, 11) is -3.98. The number of amides is 1. The van der Waals surface area contributed by atoms with Gasteiger partial charge in [0.25, 0.3) is 0 Å². The van der Waals surface area contributed by atoms with Gasteiger partial charge in [-0.25, -0.2) is 18.2 Å². The summed E-state index contributed by atoms with van der Waals surface area (Å²) in [4.78, 5) is 29.8. The second-order valence-corrected chi connectivity index (χ2v) is 17.3.